The second-order valence-corrected chi connectivity index (χ2v) is 12.0. The number of alkyl halides is 3. The SMILES string of the molecule is NCC(=O)NC1CCC(N2NC(C(F)(F)F)CC2C2CCC3C(CCC4CCCCC43)C2)CC1. The Kier molecular flexibility index (Phi) is 7.48. The summed E-state index contributed by atoms with van der Waals surface area (Å²) in [5.74, 6) is 3.54. The maximum Gasteiger partial charge on any atom is 0.405 e. The second-order valence-electron chi connectivity index (χ2n) is 12.0. The molecule has 5 rings (SSSR count). The monoisotopic (exact) mass is 484 g/mol. The van der Waals surface area contributed by atoms with Crippen LogP contribution in [0.2, 0.25) is 0 Å². The molecular weight excluding hydrogens is 441 g/mol. The molecule has 7 unspecified atom stereocenters. The van der Waals surface area contributed by atoms with E-state index >= 15 is 0 Å². The number of nitrogens with two attached hydrogens (primary N) is 1. The van der Waals surface area contributed by atoms with Gasteiger partial charge in [-0.05, 0) is 100 Å². The van der Waals surface area contributed by atoms with Crippen molar-refractivity contribution in [3.8, 4) is 0 Å². The molecule has 0 aromatic carbocycles. The van der Waals surface area contributed by atoms with E-state index in [4.69, 9.17) is 5.73 Å². The van der Waals surface area contributed by atoms with E-state index < -0.39 is 12.2 Å². The van der Waals surface area contributed by atoms with Gasteiger partial charge in [0.2, 0.25) is 5.91 Å². The Morgan fingerprint density at radius 1 is 0.853 bits per heavy atom. The molecule has 8 heteroatoms. The minimum absolute atomic E-state index is 0.0195. The number of fused-ring (bicyclic) bond motifs is 3. The van der Waals surface area contributed by atoms with E-state index in [9.17, 15) is 18.0 Å². The van der Waals surface area contributed by atoms with Gasteiger partial charge in [-0.3, -0.25) is 4.79 Å². The van der Waals surface area contributed by atoms with E-state index in [2.05, 4.69) is 10.7 Å². The molecule has 1 amide bonds. The Balaban J connectivity index is 1.24. The molecule has 5 nitrogen and oxygen atoms in total. The van der Waals surface area contributed by atoms with Gasteiger partial charge in [-0.1, -0.05) is 19.3 Å². The van der Waals surface area contributed by atoms with Crippen LogP contribution in [-0.4, -0.2) is 47.8 Å². The summed E-state index contributed by atoms with van der Waals surface area (Å²) in [6, 6.07) is -1.26. The number of halogens is 3. The second kappa shape index (κ2) is 10.3. The molecule has 5 fully saturated rings. The van der Waals surface area contributed by atoms with Crippen LogP contribution < -0.4 is 16.5 Å². The van der Waals surface area contributed by atoms with E-state index in [0.717, 1.165) is 56.3 Å². The number of rotatable bonds is 4. The van der Waals surface area contributed by atoms with Crippen LogP contribution in [0.3, 0.4) is 0 Å². The fourth-order valence-corrected chi connectivity index (χ4v) is 8.63. The number of amides is 1. The summed E-state index contributed by atoms with van der Waals surface area (Å²) in [5.41, 5.74) is 8.35. The molecule has 7 atom stereocenters. The van der Waals surface area contributed by atoms with E-state index in [1.165, 1.54) is 44.9 Å². The van der Waals surface area contributed by atoms with Gasteiger partial charge in [-0.15, -0.1) is 0 Å². The summed E-state index contributed by atoms with van der Waals surface area (Å²) >= 11 is 0. The number of hydrazine groups is 1. The van der Waals surface area contributed by atoms with Crippen molar-refractivity contribution in [2.45, 2.75) is 120 Å². The molecule has 1 saturated heterocycles. The molecule has 1 heterocycles. The molecule has 0 bridgehead atoms. The predicted molar refractivity (Wildman–Crippen MR) is 125 cm³/mol. The number of nitrogens with one attached hydrogen (secondary N) is 2. The van der Waals surface area contributed by atoms with Crippen molar-refractivity contribution < 1.29 is 18.0 Å². The quantitative estimate of drug-likeness (QED) is 0.549. The standard InChI is InChI=1S/C26H43F3N4O/c27-26(28,29)24-14-23(33(32-24)20-10-8-19(9-11-20)31-25(34)15-30)18-7-12-22-17(13-18)6-5-16-3-1-2-4-21(16)22/h16-24,32H,1-15,30H2,(H,31,34). The minimum Gasteiger partial charge on any atom is -0.352 e. The zero-order valence-electron chi connectivity index (χ0n) is 20.4. The Bertz CT molecular complexity index is 711. The third-order valence-corrected chi connectivity index (χ3v) is 10.2. The summed E-state index contributed by atoms with van der Waals surface area (Å²) < 4.78 is 41.4. The summed E-state index contributed by atoms with van der Waals surface area (Å²) in [6.07, 6.45) is 10.8. The smallest absolute Gasteiger partial charge is 0.352 e. The molecule has 1 aliphatic heterocycles. The number of nitrogens with zero attached hydrogens (tertiary/aromatic N) is 1. The van der Waals surface area contributed by atoms with E-state index in [0.29, 0.717) is 11.8 Å². The van der Waals surface area contributed by atoms with Gasteiger partial charge in [-0.2, -0.15) is 13.2 Å². The fraction of sp³-hybridized carbons (Fsp3) is 0.962. The Hall–Kier alpha value is -0.860. The lowest BCUT2D eigenvalue weighted by molar-refractivity contribution is -0.158. The normalized spacial score (nSPS) is 43.7. The number of hydrogen-bond donors (Lipinski definition) is 3. The van der Waals surface area contributed by atoms with Gasteiger partial charge < -0.3 is 11.1 Å². The van der Waals surface area contributed by atoms with Crippen LogP contribution in [0.25, 0.3) is 0 Å². The van der Waals surface area contributed by atoms with E-state index in [-0.39, 0.29) is 37.0 Å². The lowest BCUT2D eigenvalue weighted by atomic mass is 9.56. The first kappa shape index (κ1) is 24.8. The van der Waals surface area contributed by atoms with Crippen molar-refractivity contribution in [3.63, 3.8) is 0 Å². The molecule has 4 saturated carbocycles. The van der Waals surface area contributed by atoms with Crippen molar-refractivity contribution >= 4 is 5.91 Å². The van der Waals surface area contributed by atoms with Gasteiger partial charge in [0.25, 0.3) is 0 Å². The van der Waals surface area contributed by atoms with Gasteiger partial charge in [0, 0.05) is 18.1 Å². The van der Waals surface area contributed by atoms with Gasteiger partial charge in [0.1, 0.15) is 6.04 Å². The number of carbonyl (C=O) groups is 1. The minimum atomic E-state index is -4.21. The van der Waals surface area contributed by atoms with Crippen LogP contribution in [0.1, 0.15) is 89.9 Å². The van der Waals surface area contributed by atoms with Gasteiger partial charge in [0.15, 0.2) is 0 Å². The molecule has 4 N–H and O–H groups in total. The Labute approximate surface area is 202 Å². The van der Waals surface area contributed by atoms with Gasteiger partial charge in [-0.25, -0.2) is 10.4 Å². The van der Waals surface area contributed by atoms with Crippen molar-refractivity contribution in [3.05, 3.63) is 0 Å². The average Bonchev–Trinajstić information content (AvgIpc) is 3.30. The first-order valence-corrected chi connectivity index (χ1v) is 13.9. The fourth-order valence-electron chi connectivity index (χ4n) is 8.63. The predicted octanol–water partition coefficient (Wildman–Crippen LogP) is 4.52. The van der Waals surface area contributed by atoms with Crippen LogP contribution in [0.15, 0.2) is 0 Å². The third-order valence-electron chi connectivity index (χ3n) is 10.2. The van der Waals surface area contributed by atoms with Crippen molar-refractivity contribution in [1.82, 2.24) is 15.8 Å². The van der Waals surface area contributed by atoms with E-state index in [1.54, 1.807) is 0 Å². The molecule has 4 aliphatic carbocycles. The van der Waals surface area contributed by atoms with Crippen LogP contribution in [0.5, 0.6) is 0 Å². The first-order chi connectivity index (χ1) is 16.3. The van der Waals surface area contributed by atoms with Crippen molar-refractivity contribution in [2.75, 3.05) is 6.54 Å². The highest BCUT2D eigenvalue weighted by Gasteiger charge is 2.53. The molecular formula is C26H43F3N4O. The van der Waals surface area contributed by atoms with Crippen LogP contribution in [0, 0.1) is 29.6 Å². The molecule has 0 radical (unpaired) electrons. The van der Waals surface area contributed by atoms with Gasteiger partial charge >= 0.3 is 6.18 Å². The summed E-state index contributed by atoms with van der Waals surface area (Å²) in [5, 5.41) is 5.00. The Morgan fingerprint density at radius 2 is 1.53 bits per heavy atom. The van der Waals surface area contributed by atoms with Gasteiger partial charge in [0.05, 0.1) is 6.54 Å². The lowest BCUT2D eigenvalue weighted by Gasteiger charge is -2.51. The first-order valence-electron chi connectivity index (χ1n) is 13.9. The molecule has 0 aromatic heterocycles. The zero-order chi connectivity index (χ0) is 23.9. The maximum atomic E-state index is 13.8. The highest BCUT2D eigenvalue weighted by atomic mass is 19.4. The summed E-state index contributed by atoms with van der Waals surface area (Å²) in [7, 11) is 0. The largest absolute Gasteiger partial charge is 0.405 e. The zero-order valence-corrected chi connectivity index (χ0v) is 20.4. The summed E-state index contributed by atoms with van der Waals surface area (Å²) in [4.78, 5) is 11.6. The molecule has 5 aliphatic rings. The number of hydrogen-bond acceptors (Lipinski definition) is 4. The number of carbonyl (C=O) groups excluding carboxylic acids is 1. The van der Waals surface area contributed by atoms with Crippen LogP contribution in [-0.2, 0) is 4.79 Å². The maximum absolute atomic E-state index is 13.8. The molecule has 0 spiro atoms. The highest BCUT2D eigenvalue weighted by Crippen LogP contribution is 2.54. The van der Waals surface area contributed by atoms with Crippen LogP contribution in [0.4, 0.5) is 13.2 Å². The lowest BCUT2D eigenvalue weighted by Crippen LogP contribution is -2.54. The van der Waals surface area contributed by atoms with Crippen molar-refractivity contribution in [2.24, 2.45) is 35.3 Å². The summed E-state index contributed by atoms with van der Waals surface area (Å²) in [6.45, 7) is -0.0195. The topological polar surface area (TPSA) is 70.4 Å². The van der Waals surface area contributed by atoms with Crippen LogP contribution >= 0.6 is 0 Å². The molecule has 0 aromatic rings. The third kappa shape index (κ3) is 5.15. The molecule has 194 valence electrons. The Morgan fingerprint density at radius 3 is 2.26 bits per heavy atom. The average molecular weight is 485 g/mol. The molecule has 34 heavy (non-hydrogen) atoms. The van der Waals surface area contributed by atoms with E-state index in [1.807, 2.05) is 5.01 Å². The highest BCUT2D eigenvalue weighted by molar-refractivity contribution is 5.78. The van der Waals surface area contributed by atoms with Crippen molar-refractivity contribution in [1.29, 1.82) is 0 Å².